The average molecular weight is 481 g/mol. The lowest BCUT2D eigenvalue weighted by Gasteiger charge is -2.19. The van der Waals surface area contributed by atoms with Crippen LogP contribution in [0.25, 0.3) is 0 Å². The van der Waals surface area contributed by atoms with Crippen LogP contribution in [0.2, 0.25) is 5.02 Å². The summed E-state index contributed by atoms with van der Waals surface area (Å²) in [5.41, 5.74) is -0.0284. The van der Waals surface area contributed by atoms with Gasteiger partial charge in [0.2, 0.25) is 15.9 Å². The van der Waals surface area contributed by atoms with Crippen molar-refractivity contribution in [3.05, 3.63) is 89.0 Å². The van der Waals surface area contributed by atoms with E-state index < -0.39 is 39.3 Å². The molecule has 3 aromatic rings. The number of hydrogen-bond acceptors (Lipinski definition) is 4. The number of nitrogens with one attached hydrogen (secondary N) is 2. The van der Waals surface area contributed by atoms with Gasteiger partial charge < -0.3 is 10.1 Å². The summed E-state index contributed by atoms with van der Waals surface area (Å²) in [4.78, 5) is 12.7. The van der Waals surface area contributed by atoms with Gasteiger partial charge in [0.15, 0.2) is 0 Å². The molecule has 0 radical (unpaired) electrons. The normalized spacial score (nSPS) is 12.2. The Morgan fingerprint density at radius 3 is 2.28 bits per heavy atom. The molecule has 0 aliphatic carbocycles. The molecule has 0 aliphatic rings. The van der Waals surface area contributed by atoms with Crippen molar-refractivity contribution < 1.29 is 26.7 Å². The molecule has 0 saturated carbocycles. The van der Waals surface area contributed by atoms with Crippen molar-refractivity contribution >= 4 is 33.2 Å². The smallest absolute Gasteiger partial charge is 0.243 e. The topological polar surface area (TPSA) is 84.5 Å². The molecule has 0 fully saturated rings. The molecule has 0 aliphatic heterocycles. The molecule has 32 heavy (non-hydrogen) atoms. The van der Waals surface area contributed by atoms with Gasteiger partial charge in [-0.3, -0.25) is 4.79 Å². The number of benzene rings is 3. The summed E-state index contributed by atoms with van der Waals surface area (Å²) in [7, 11) is -2.84. The first-order valence-corrected chi connectivity index (χ1v) is 11.2. The van der Waals surface area contributed by atoms with Crippen molar-refractivity contribution in [3.63, 3.8) is 0 Å². The number of hydrogen-bond donors (Lipinski definition) is 2. The fourth-order valence-electron chi connectivity index (χ4n) is 2.93. The third kappa shape index (κ3) is 5.61. The number of ether oxygens (including phenoxy) is 1. The Balaban J connectivity index is 1.92. The molecule has 168 valence electrons. The van der Waals surface area contributed by atoms with Gasteiger partial charge in [-0.1, -0.05) is 48.0 Å². The maximum absolute atomic E-state index is 14.0. The second kappa shape index (κ2) is 10.1. The van der Waals surface area contributed by atoms with Crippen LogP contribution in [0.5, 0.6) is 5.75 Å². The van der Waals surface area contributed by atoms with E-state index in [4.69, 9.17) is 16.3 Å². The van der Waals surface area contributed by atoms with Gasteiger partial charge in [0.1, 0.15) is 29.1 Å². The number of rotatable bonds is 8. The fraction of sp³-hybridized carbons (Fsp3) is 0.136. The van der Waals surface area contributed by atoms with Gasteiger partial charge in [0.05, 0.1) is 17.0 Å². The van der Waals surface area contributed by atoms with Gasteiger partial charge in [0.25, 0.3) is 0 Å². The average Bonchev–Trinajstić information content (AvgIpc) is 2.76. The fourth-order valence-corrected chi connectivity index (χ4v) is 4.48. The molecule has 2 N–H and O–H groups in total. The number of amides is 1. The second-order valence-electron chi connectivity index (χ2n) is 6.75. The van der Waals surface area contributed by atoms with Crippen molar-refractivity contribution in [2.45, 2.75) is 17.4 Å². The number of para-hydroxylation sites is 1. The third-order valence-electron chi connectivity index (χ3n) is 4.54. The molecule has 0 bridgehead atoms. The van der Waals surface area contributed by atoms with E-state index in [1.165, 1.54) is 25.3 Å². The molecule has 0 spiro atoms. The zero-order valence-electron chi connectivity index (χ0n) is 16.8. The summed E-state index contributed by atoms with van der Waals surface area (Å²) in [6.45, 7) is 0. The minimum absolute atomic E-state index is 0.0628. The monoisotopic (exact) mass is 480 g/mol. The van der Waals surface area contributed by atoms with Gasteiger partial charge in [-0.25, -0.2) is 17.2 Å². The zero-order valence-corrected chi connectivity index (χ0v) is 18.4. The summed E-state index contributed by atoms with van der Waals surface area (Å²) in [6.07, 6.45) is -0.0636. The summed E-state index contributed by atoms with van der Waals surface area (Å²) >= 11 is 6.03. The van der Waals surface area contributed by atoms with Crippen molar-refractivity contribution in [2.75, 3.05) is 12.4 Å². The molecule has 1 atom stereocenters. The summed E-state index contributed by atoms with van der Waals surface area (Å²) < 4.78 is 61.2. The summed E-state index contributed by atoms with van der Waals surface area (Å²) in [5.74, 6) is -2.62. The highest BCUT2D eigenvalue weighted by molar-refractivity contribution is 7.89. The van der Waals surface area contributed by atoms with Crippen molar-refractivity contribution in [3.8, 4) is 5.75 Å². The van der Waals surface area contributed by atoms with Crippen LogP contribution in [0, 0.1) is 11.6 Å². The van der Waals surface area contributed by atoms with Crippen LogP contribution < -0.4 is 14.8 Å². The quantitative estimate of drug-likeness (QED) is 0.507. The number of carbonyl (C=O) groups excluding carboxylic acids is 1. The number of halogens is 3. The molecular weight excluding hydrogens is 462 g/mol. The van der Waals surface area contributed by atoms with Crippen LogP contribution in [-0.4, -0.2) is 27.5 Å². The van der Waals surface area contributed by atoms with Crippen molar-refractivity contribution in [1.29, 1.82) is 0 Å². The van der Waals surface area contributed by atoms with E-state index in [2.05, 4.69) is 10.0 Å². The van der Waals surface area contributed by atoms with Gasteiger partial charge in [0, 0.05) is 0 Å². The highest BCUT2D eigenvalue weighted by Crippen LogP contribution is 2.27. The Hall–Kier alpha value is -3.01. The van der Waals surface area contributed by atoms with E-state index >= 15 is 0 Å². The molecule has 3 rings (SSSR count). The molecule has 0 heterocycles. The Morgan fingerprint density at radius 2 is 1.69 bits per heavy atom. The lowest BCUT2D eigenvalue weighted by atomic mass is 10.1. The molecule has 10 heteroatoms. The number of sulfonamides is 1. The summed E-state index contributed by atoms with van der Waals surface area (Å²) in [5, 5.41) is 2.20. The Kier molecular flexibility index (Phi) is 7.44. The Labute approximate surface area is 189 Å². The predicted octanol–water partition coefficient (Wildman–Crippen LogP) is 4.16. The van der Waals surface area contributed by atoms with Gasteiger partial charge in [-0.15, -0.1) is 0 Å². The van der Waals surface area contributed by atoms with Crippen molar-refractivity contribution in [1.82, 2.24) is 4.72 Å². The summed E-state index contributed by atoms with van der Waals surface area (Å²) in [6, 6.07) is 14.2. The first-order chi connectivity index (χ1) is 15.2. The Bertz CT molecular complexity index is 1200. The Morgan fingerprint density at radius 1 is 1.03 bits per heavy atom. The molecule has 6 nitrogen and oxygen atoms in total. The third-order valence-corrected chi connectivity index (χ3v) is 6.31. The molecule has 1 amide bonds. The van der Waals surface area contributed by atoms with E-state index in [0.717, 1.165) is 18.2 Å². The van der Waals surface area contributed by atoms with Crippen LogP contribution >= 0.6 is 11.6 Å². The van der Waals surface area contributed by atoms with Gasteiger partial charge in [-0.2, -0.15) is 4.72 Å². The van der Waals surface area contributed by atoms with Gasteiger partial charge in [-0.05, 0) is 42.3 Å². The highest BCUT2D eigenvalue weighted by Gasteiger charge is 2.28. The van der Waals surface area contributed by atoms with E-state index in [1.54, 1.807) is 30.3 Å². The van der Waals surface area contributed by atoms with E-state index in [-0.39, 0.29) is 22.1 Å². The standard InChI is InChI=1S/C22H19ClF2N2O4S/c1-31-20-11-10-15(13-16(20)23)32(29,30)27-19(12-14-6-3-2-4-7-14)22(28)26-21-17(24)8-5-9-18(21)25/h2-11,13,19,27H,12H2,1H3,(H,26,28). The van der Waals surface area contributed by atoms with E-state index in [0.29, 0.717) is 5.56 Å². The zero-order chi connectivity index (χ0) is 23.3. The predicted molar refractivity (Wildman–Crippen MR) is 117 cm³/mol. The lowest BCUT2D eigenvalue weighted by Crippen LogP contribution is -2.45. The first-order valence-electron chi connectivity index (χ1n) is 9.36. The molecule has 3 aromatic carbocycles. The SMILES string of the molecule is COc1ccc(S(=O)(=O)NC(Cc2ccccc2)C(=O)Nc2c(F)cccc2F)cc1Cl. The lowest BCUT2D eigenvalue weighted by molar-refractivity contribution is -0.117. The van der Waals surface area contributed by atoms with Crippen LogP contribution in [0.1, 0.15) is 5.56 Å². The van der Waals surface area contributed by atoms with Crippen LogP contribution in [0.3, 0.4) is 0 Å². The largest absolute Gasteiger partial charge is 0.495 e. The molecule has 0 aromatic heterocycles. The second-order valence-corrected chi connectivity index (χ2v) is 8.87. The minimum Gasteiger partial charge on any atom is -0.495 e. The molecular formula is C22H19ClF2N2O4S. The molecule has 0 saturated heterocycles. The van der Waals surface area contributed by atoms with E-state index in [9.17, 15) is 22.0 Å². The van der Waals surface area contributed by atoms with Crippen LogP contribution in [0.4, 0.5) is 14.5 Å². The maximum atomic E-state index is 14.0. The van der Waals surface area contributed by atoms with Crippen molar-refractivity contribution in [2.24, 2.45) is 0 Å². The maximum Gasteiger partial charge on any atom is 0.243 e. The van der Waals surface area contributed by atoms with Gasteiger partial charge >= 0.3 is 0 Å². The number of anilines is 1. The number of carbonyl (C=O) groups is 1. The first kappa shape index (κ1) is 23.6. The minimum atomic E-state index is -4.22. The highest BCUT2D eigenvalue weighted by atomic mass is 35.5. The van der Waals surface area contributed by atoms with Crippen LogP contribution in [0.15, 0.2) is 71.6 Å². The van der Waals surface area contributed by atoms with Crippen LogP contribution in [-0.2, 0) is 21.2 Å². The van der Waals surface area contributed by atoms with E-state index in [1.807, 2.05) is 0 Å². The molecule has 1 unspecified atom stereocenters. The number of methoxy groups -OCH3 is 1.